The minimum Gasteiger partial charge on any atom is -0.381 e. The van der Waals surface area contributed by atoms with E-state index in [1.54, 1.807) is 6.07 Å². The first kappa shape index (κ1) is 11.3. The van der Waals surface area contributed by atoms with E-state index in [-0.39, 0.29) is 5.82 Å². The molecule has 0 unspecified atom stereocenters. The summed E-state index contributed by atoms with van der Waals surface area (Å²) in [6, 6.07) is 15.6. The number of halogens is 1. The van der Waals surface area contributed by atoms with Crippen LogP contribution in [0.5, 0.6) is 0 Å². The highest BCUT2D eigenvalue weighted by molar-refractivity contribution is 5.47. The van der Waals surface area contributed by atoms with Gasteiger partial charge in [0.15, 0.2) is 0 Å². The first-order valence-corrected chi connectivity index (χ1v) is 6.40. The molecule has 1 aliphatic carbocycles. The van der Waals surface area contributed by atoms with Crippen molar-refractivity contribution in [3.63, 3.8) is 0 Å². The van der Waals surface area contributed by atoms with Crippen LogP contribution in [0.15, 0.2) is 48.5 Å². The van der Waals surface area contributed by atoms with Crippen LogP contribution in [0.3, 0.4) is 0 Å². The van der Waals surface area contributed by atoms with Crippen molar-refractivity contribution in [2.24, 2.45) is 0 Å². The largest absolute Gasteiger partial charge is 0.381 e. The molecule has 0 radical (unpaired) electrons. The topological polar surface area (TPSA) is 12.0 Å². The predicted molar refractivity (Wildman–Crippen MR) is 72.1 cm³/mol. The van der Waals surface area contributed by atoms with E-state index in [9.17, 15) is 4.39 Å². The molecule has 0 saturated heterocycles. The molecule has 18 heavy (non-hydrogen) atoms. The van der Waals surface area contributed by atoms with Gasteiger partial charge in [-0.15, -0.1) is 0 Å². The molecule has 0 aliphatic heterocycles. The molecular formula is C16H16FN. The Morgan fingerprint density at radius 2 is 1.83 bits per heavy atom. The first-order valence-electron chi connectivity index (χ1n) is 6.40. The van der Waals surface area contributed by atoms with Gasteiger partial charge < -0.3 is 5.32 Å². The zero-order chi connectivity index (χ0) is 12.4. The SMILES string of the molecule is Fc1cc(NCc2ccccc2)ccc1C1CC1. The minimum absolute atomic E-state index is 0.0736. The Balaban J connectivity index is 1.68. The number of benzene rings is 2. The maximum Gasteiger partial charge on any atom is 0.128 e. The van der Waals surface area contributed by atoms with Gasteiger partial charge >= 0.3 is 0 Å². The molecule has 0 amide bonds. The van der Waals surface area contributed by atoms with Crippen molar-refractivity contribution in [3.8, 4) is 0 Å². The van der Waals surface area contributed by atoms with Gasteiger partial charge in [-0.25, -0.2) is 4.39 Å². The van der Waals surface area contributed by atoms with Crippen molar-refractivity contribution < 1.29 is 4.39 Å². The van der Waals surface area contributed by atoms with Gasteiger partial charge in [0.1, 0.15) is 5.82 Å². The summed E-state index contributed by atoms with van der Waals surface area (Å²) in [6.45, 7) is 0.725. The molecule has 0 heterocycles. The minimum atomic E-state index is -0.0736. The molecule has 2 heteroatoms. The van der Waals surface area contributed by atoms with Crippen molar-refractivity contribution >= 4 is 5.69 Å². The molecule has 0 atom stereocenters. The number of nitrogens with one attached hydrogen (secondary N) is 1. The van der Waals surface area contributed by atoms with Crippen LogP contribution in [0.1, 0.15) is 29.9 Å². The highest BCUT2D eigenvalue weighted by Gasteiger charge is 2.26. The molecule has 3 rings (SSSR count). The van der Waals surface area contributed by atoms with E-state index in [2.05, 4.69) is 17.4 Å². The number of hydrogen-bond acceptors (Lipinski definition) is 1. The second kappa shape index (κ2) is 4.81. The van der Waals surface area contributed by atoms with Crippen LogP contribution in [0.4, 0.5) is 10.1 Å². The molecule has 92 valence electrons. The standard InChI is InChI=1S/C16H16FN/c17-16-10-14(8-9-15(16)13-6-7-13)18-11-12-4-2-1-3-5-12/h1-5,8-10,13,18H,6-7,11H2. The second-order valence-corrected chi connectivity index (χ2v) is 4.85. The number of hydrogen-bond donors (Lipinski definition) is 1. The number of rotatable bonds is 4. The Hall–Kier alpha value is -1.83. The Labute approximate surface area is 107 Å². The lowest BCUT2D eigenvalue weighted by Crippen LogP contribution is -2.00. The first-order chi connectivity index (χ1) is 8.83. The summed E-state index contributed by atoms with van der Waals surface area (Å²) in [7, 11) is 0. The van der Waals surface area contributed by atoms with Gasteiger partial charge in [0.25, 0.3) is 0 Å². The van der Waals surface area contributed by atoms with Crippen molar-refractivity contribution in [2.45, 2.75) is 25.3 Å². The summed E-state index contributed by atoms with van der Waals surface area (Å²) >= 11 is 0. The third-order valence-corrected chi connectivity index (χ3v) is 3.36. The van der Waals surface area contributed by atoms with E-state index in [1.165, 1.54) is 5.56 Å². The monoisotopic (exact) mass is 241 g/mol. The maximum atomic E-state index is 13.8. The van der Waals surface area contributed by atoms with Gasteiger partial charge in [0.2, 0.25) is 0 Å². The van der Waals surface area contributed by atoms with Gasteiger partial charge in [-0.05, 0) is 42.0 Å². The van der Waals surface area contributed by atoms with Gasteiger partial charge in [-0.2, -0.15) is 0 Å². The van der Waals surface area contributed by atoms with Crippen LogP contribution >= 0.6 is 0 Å². The summed E-state index contributed by atoms with van der Waals surface area (Å²) in [5.41, 5.74) is 2.92. The summed E-state index contributed by atoms with van der Waals surface area (Å²) in [5, 5.41) is 3.25. The van der Waals surface area contributed by atoms with Crippen LogP contribution in [0.25, 0.3) is 0 Å². The molecule has 1 saturated carbocycles. The highest BCUT2D eigenvalue weighted by atomic mass is 19.1. The Kier molecular flexibility index (Phi) is 3.01. The fraction of sp³-hybridized carbons (Fsp3) is 0.250. The van der Waals surface area contributed by atoms with Crippen molar-refractivity contribution in [1.29, 1.82) is 0 Å². The van der Waals surface area contributed by atoms with Crippen LogP contribution in [0.2, 0.25) is 0 Å². The quantitative estimate of drug-likeness (QED) is 0.840. The number of anilines is 1. The third-order valence-electron chi connectivity index (χ3n) is 3.36. The fourth-order valence-electron chi connectivity index (χ4n) is 2.16. The normalized spacial score (nSPS) is 14.5. The Morgan fingerprint density at radius 1 is 1.06 bits per heavy atom. The maximum absolute atomic E-state index is 13.8. The lowest BCUT2D eigenvalue weighted by molar-refractivity contribution is 0.611. The molecule has 0 spiro atoms. The average molecular weight is 241 g/mol. The lowest BCUT2D eigenvalue weighted by atomic mass is 10.1. The van der Waals surface area contributed by atoms with E-state index in [0.717, 1.165) is 30.6 Å². The predicted octanol–water partition coefficient (Wildman–Crippen LogP) is 4.32. The summed E-state index contributed by atoms with van der Waals surface area (Å²) in [4.78, 5) is 0. The van der Waals surface area contributed by atoms with Crippen LogP contribution in [0, 0.1) is 5.82 Å². The summed E-state index contributed by atoms with van der Waals surface area (Å²) < 4.78 is 13.8. The van der Waals surface area contributed by atoms with E-state index in [0.29, 0.717) is 5.92 Å². The second-order valence-electron chi connectivity index (χ2n) is 4.85. The smallest absolute Gasteiger partial charge is 0.128 e. The molecule has 0 aromatic heterocycles. The molecule has 0 bridgehead atoms. The zero-order valence-corrected chi connectivity index (χ0v) is 10.2. The van der Waals surface area contributed by atoms with Crippen LogP contribution in [-0.4, -0.2) is 0 Å². The van der Waals surface area contributed by atoms with E-state index >= 15 is 0 Å². The average Bonchev–Trinajstić information content (AvgIpc) is 3.22. The summed E-state index contributed by atoms with van der Waals surface area (Å²) in [5.74, 6) is 0.392. The third kappa shape index (κ3) is 2.53. The summed E-state index contributed by atoms with van der Waals surface area (Å²) in [6.07, 6.45) is 2.27. The zero-order valence-electron chi connectivity index (χ0n) is 10.2. The Bertz CT molecular complexity index is 532. The van der Waals surface area contributed by atoms with Crippen molar-refractivity contribution in [2.75, 3.05) is 5.32 Å². The van der Waals surface area contributed by atoms with Gasteiger partial charge in [0.05, 0.1) is 0 Å². The molecular weight excluding hydrogens is 225 g/mol. The molecule has 2 aromatic rings. The Morgan fingerprint density at radius 3 is 2.50 bits per heavy atom. The van der Waals surface area contributed by atoms with Crippen LogP contribution in [-0.2, 0) is 6.54 Å². The van der Waals surface area contributed by atoms with E-state index in [4.69, 9.17) is 0 Å². The molecule has 1 fully saturated rings. The van der Waals surface area contributed by atoms with Crippen molar-refractivity contribution in [3.05, 3.63) is 65.5 Å². The van der Waals surface area contributed by atoms with Gasteiger partial charge in [-0.3, -0.25) is 0 Å². The van der Waals surface area contributed by atoms with E-state index in [1.807, 2.05) is 30.3 Å². The van der Waals surface area contributed by atoms with Gasteiger partial charge in [0, 0.05) is 12.2 Å². The highest BCUT2D eigenvalue weighted by Crippen LogP contribution is 2.41. The lowest BCUT2D eigenvalue weighted by Gasteiger charge is -2.08. The molecule has 1 nitrogen and oxygen atoms in total. The van der Waals surface area contributed by atoms with Crippen molar-refractivity contribution in [1.82, 2.24) is 0 Å². The van der Waals surface area contributed by atoms with E-state index < -0.39 is 0 Å². The molecule has 1 N–H and O–H groups in total. The van der Waals surface area contributed by atoms with Gasteiger partial charge in [-0.1, -0.05) is 36.4 Å². The van der Waals surface area contributed by atoms with Crippen LogP contribution < -0.4 is 5.32 Å². The molecule has 1 aliphatic rings. The fourth-order valence-corrected chi connectivity index (χ4v) is 2.16. The molecule has 2 aromatic carbocycles.